The second-order valence-corrected chi connectivity index (χ2v) is 4.32. The van der Waals surface area contributed by atoms with E-state index in [1.54, 1.807) is 12.3 Å². The Morgan fingerprint density at radius 1 is 1.16 bits per heavy atom. The largest absolute Gasteiger partial charge is 0.456 e. The zero-order chi connectivity index (χ0) is 13.2. The van der Waals surface area contributed by atoms with E-state index in [9.17, 15) is 0 Å². The lowest BCUT2D eigenvalue weighted by atomic mass is 10.2. The molecular formula is C14H14N2O3. The zero-order valence-corrected chi connectivity index (χ0v) is 10.5. The summed E-state index contributed by atoms with van der Waals surface area (Å²) >= 11 is 0. The van der Waals surface area contributed by atoms with E-state index < -0.39 is 0 Å². The Hall–Kier alpha value is -2.27. The summed E-state index contributed by atoms with van der Waals surface area (Å²) in [6.45, 7) is 2.14. The van der Waals surface area contributed by atoms with Gasteiger partial charge in [0.1, 0.15) is 11.5 Å². The summed E-state index contributed by atoms with van der Waals surface area (Å²) in [5, 5.41) is 0. The summed E-state index contributed by atoms with van der Waals surface area (Å²) in [6.07, 6.45) is 1.66. The maximum atomic E-state index is 5.74. The van der Waals surface area contributed by atoms with Crippen LogP contribution in [0.15, 0.2) is 36.5 Å². The van der Waals surface area contributed by atoms with E-state index in [0.717, 1.165) is 11.4 Å². The predicted octanol–water partition coefficient (Wildman–Crippen LogP) is 2.62. The van der Waals surface area contributed by atoms with Gasteiger partial charge in [-0.3, -0.25) is 4.98 Å². The van der Waals surface area contributed by atoms with Crippen molar-refractivity contribution in [3.8, 4) is 23.0 Å². The quantitative estimate of drug-likeness (QED) is 0.916. The summed E-state index contributed by atoms with van der Waals surface area (Å²) in [5.74, 6) is 2.76. The first-order chi connectivity index (χ1) is 9.22. The molecule has 5 heteroatoms. The second-order valence-electron chi connectivity index (χ2n) is 4.32. The highest BCUT2D eigenvalue weighted by Gasteiger charge is 2.14. The minimum absolute atomic E-state index is 0.0837. The Morgan fingerprint density at radius 2 is 1.95 bits per heavy atom. The molecule has 2 N–H and O–H groups in total. The van der Waals surface area contributed by atoms with Gasteiger partial charge in [-0.1, -0.05) is 0 Å². The lowest BCUT2D eigenvalue weighted by molar-refractivity contribution is 0.174. The third kappa shape index (κ3) is 2.46. The highest BCUT2D eigenvalue weighted by Crippen LogP contribution is 2.36. The van der Waals surface area contributed by atoms with Crippen molar-refractivity contribution in [2.45, 2.75) is 13.0 Å². The monoisotopic (exact) mass is 258 g/mol. The van der Waals surface area contributed by atoms with Gasteiger partial charge in [0, 0.05) is 12.1 Å². The molecular weight excluding hydrogens is 244 g/mol. The Morgan fingerprint density at radius 3 is 2.68 bits per heavy atom. The van der Waals surface area contributed by atoms with E-state index >= 15 is 0 Å². The maximum absolute atomic E-state index is 5.74. The van der Waals surface area contributed by atoms with Crippen LogP contribution in [0.4, 0.5) is 0 Å². The van der Waals surface area contributed by atoms with Gasteiger partial charge >= 0.3 is 0 Å². The molecule has 0 saturated carbocycles. The molecule has 0 spiro atoms. The van der Waals surface area contributed by atoms with E-state index in [-0.39, 0.29) is 12.8 Å². The highest BCUT2D eigenvalue weighted by molar-refractivity contribution is 5.47. The van der Waals surface area contributed by atoms with Crippen LogP contribution in [0.25, 0.3) is 0 Å². The normalized spacial score (nSPS) is 14.2. The van der Waals surface area contributed by atoms with Crippen LogP contribution in [0.2, 0.25) is 0 Å². The minimum atomic E-state index is -0.0837. The lowest BCUT2D eigenvalue weighted by Crippen LogP contribution is -2.06. The number of hydrogen-bond donors (Lipinski definition) is 1. The number of aromatic nitrogens is 1. The third-order valence-electron chi connectivity index (χ3n) is 2.81. The van der Waals surface area contributed by atoms with Crippen molar-refractivity contribution in [2.75, 3.05) is 6.79 Å². The van der Waals surface area contributed by atoms with Crippen molar-refractivity contribution in [1.29, 1.82) is 0 Å². The van der Waals surface area contributed by atoms with Gasteiger partial charge in [-0.2, -0.15) is 0 Å². The van der Waals surface area contributed by atoms with Crippen LogP contribution in [0.3, 0.4) is 0 Å². The predicted molar refractivity (Wildman–Crippen MR) is 69.5 cm³/mol. The molecule has 0 fully saturated rings. The maximum Gasteiger partial charge on any atom is 0.231 e. The molecule has 1 aliphatic rings. The SMILES string of the molecule is C[C@H](N)c1ccc(Oc2ccc3c(c2)OCO3)cn1. The summed E-state index contributed by atoms with van der Waals surface area (Å²) in [7, 11) is 0. The van der Waals surface area contributed by atoms with Crippen molar-refractivity contribution >= 4 is 0 Å². The number of nitrogens with two attached hydrogens (primary N) is 1. The number of nitrogens with zero attached hydrogens (tertiary/aromatic N) is 1. The first-order valence-corrected chi connectivity index (χ1v) is 6.01. The average Bonchev–Trinajstić information content (AvgIpc) is 2.87. The molecule has 1 aliphatic heterocycles. The summed E-state index contributed by atoms with van der Waals surface area (Å²) < 4.78 is 16.2. The molecule has 2 heterocycles. The summed E-state index contributed by atoms with van der Waals surface area (Å²) in [5.41, 5.74) is 6.58. The summed E-state index contributed by atoms with van der Waals surface area (Å²) in [4.78, 5) is 4.24. The van der Waals surface area contributed by atoms with Crippen LogP contribution >= 0.6 is 0 Å². The molecule has 0 saturated heterocycles. The molecule has 5 nitrogen and oxygen atoms in total. The first kappa shape index (κ1) is 11.8. The molecule has 1 aromatic carbocycles. The van der Waals surface area contributed by atoms with Crippen LogP contribution in [0.5, 0.6) is 23.0 Å². The molecule has 0 unspecified atom stereocenters. The fourth-order valence-corrected chi connectivity index (χ4v) is 1.80. The average molecular weight is 258 g/mol. The van der Waals surface area contributed by atoms with Crippen molar-refractivity contribution in [3.05, 3.63) is 42.2 Å². The van der Waals surface area contributed by atoms with Gasteiger partial charge in [0.05, 0.1) is 11.9 Å². The Kier molecular flexibility index (Phi) is 2.97. The fourth-order valence-electron chi connectivity index (χ4n) is 1.80. The van der Waals surface area contributed by atoms with Gasteiger partial charge in [0.15, 0.2) is 11.5 Å². The molecule has 2 aromatic rings. The van der Waals surface area contributed by atoms with Gasteiger partial charge in [-0.25, -0.2) is 0 Å². The molecule has 0 bridgehead atoms. The fraction of sp³-hybridized carbons (Fsp3) is 0.214. The minimum Gasteiger partial charge on any atom is -0.456 e. The number of pyridine rings is 1. The lowest BCUT2D eigenvalue weighted by Gasteiger charge is -2.08. The first-order valence-electron chi connectivity index (χ1n) is 6.01. The van der Waals surface area contributed by atoms with Crippen LogP contribution in [0, 0.1) is 0 Å². The topological polar surface area (TPSA) is 66.6 Å². The zero-order valence-electron chi connectivity index (χ0n) is 10.5. The van der Waals surface area contributed by atoms with Crippen molar-refractivity contribution in [1.82, 2.24) is 4.98 Å². The Bertz CT molecular complexity index is 582. The van der Waals surface area contributed by atoms with Crippen molar-refractivity contribution in [3.63, 3.8) is 0 Å². The van der Waals surface area contributed by atoms with Gasteiger partial charge in [0.2, 0.25) is 6.79 Å². The van der Waals surface area contributed by atoms with Crippen LogP contribution in [0.1, 0.15) is 18.7 Å². The standard InChI is InChI=1S/C14H14N2O3/c1-9(15)12-4-2-11(7-16-12)19-10-3-5-13-14(6-10)18-8-17-13/h2-7,9H,8,15H2,1H3/t9-/m0/s1. The molecule has 0 radical (unpaired) electrons. The van der Waals surface area contributed by atoms with E-state index in [2.05, 4.69) is 4.98 Å². The molecule has 19 heavy (non-hydrogen) atoms. The van der Waals surface area contributed by atoms with Gasteiger partial charge in [-0.15, -0.1) is 0 Å². The molecule has 0 amide bonds. The van der Waals surface area contributed by atoms with Crippen molar-refractivity contribution in [2.24, 2.45) is 5.73 Å². The van der Waals surface area contributed by atoms with Crippen LogP contribution < -0.4 is 19.9 Å². The van der Waals surface area contributed by atoms with Crippen LogP contribution in [-0.2, 0) is 0 Å². The van der Waals surface area contributed by atoms with E-state index in [1.807, 2.05) is 31.2 Å². The van der Waals surface area contributed by atoms with E-state index in [1.165, 1.54) is 0 Å². The number of hydrogen-bond acceptors (Lipinski definition) is 5. The van der Waals surface area contributed by atoms with Gasteiger partial charge in [0.25, 0.3) is 0 Å². The van der Waals surface area contributed by atoms with Gasteiger partial charge < -0.3 is 19.9 Å². The molecule has 3 rings (SSSR count). The molecule has 0 aliphatic carbocycles. The number of ether oxygens (including phenoxy) is 3. The van der Waals surface area contributed by atoms with Crippen LogP contribution in [-0.4, -0.2) is 11.8 Å². The second kappa shape index (κ2) is 4.78. The highest BCUT2D eigenvalue weighted by atomic mass is 16.7. The summed E-state index contributed by atoms with van der Waals surface area (Å²) in [6, 6.07) is 9.05. The third-order valence-corrected chi connectivity index (χ3v) is 2.81. The Labute approximate surface area is 110 Å². The van der Waals surface area contributed by atoms with Gasteiger partial charge in [-0.05, 0) is 31.2 Å². The van der Waals surface area contributed by atoms with Crippen molar-refractivity contribution < 1.29 is 14.2 Å². The Balaban J connectivity index is 1.77. The number of fused-ring (bicyclic) bond motifs is 1. The smallest absolute Gasteiger partial charge is 0.231 e. The number of rotatable bonds is 3. The molecule has 98 valence electrons. The van der Waals surface area contributed by atoms with E-state index in [0.29, 0.717) is 17.2 Å². The number of benzene rings is 1. The molecule has 1 atom stereocenters. The van der Waals surface area contributed by atoms with E-state index in [4.69, 9.17) is 19.9 Å². The molecule has 1 aromatic heterocycles.